The fourth-order valence-electron chi connectivity index (χ4n) is 3.34. The van der Waals surface area contributed by atoms with Gasteiger partial charge < -0.3 is 9.42 Å². The number of amides is 1. The fraction of sp³-hybridized carbons (Fsp3) is 0.300. The van der Waals surface area contributed by atoms with E-state index < -0.39 is 9.84 Å². The molecule has 1 fully saturated rings. The number of thiophene rings is 1. The first-order valence-electron chi connectivity index (χ1n) is 8.99. The Morgan fingerprint density at radius 1 is 1.29 bits per heavy atom. The molecule has 0 N–H and O–H groups in total. The lowest BCUT2D eigenvalue weighted by atomic mass is 10.1. The molecular weight excluding hydrogens is 396 g/mol. The average molecular weight is 417 g/mol. The van der Waals surface area contributed by atoms with Crippen LogP contribution in [0.5, 0.6) is 0 Å². The van der Waals surface area contributed by atoms with E-state index in [1.165, 1.54) is 11.3 Å². The minimum atomic E-state index is -3.11. The van der Waals surface area contributed by atoms with Crippen LogP contribution in [0.1, 0.15) is 27.4 Å². The molecule has 146 valence electrons. The highest BCUT2D eigenvalue weighted by atomic mass is 32.2. The Kier molecular flexibility index (Phi) is 5.07. The summed E-state index contributed by atoms with van der Waals surface area (Å²) in [6, 6.07) is 12.9. The van der Waals surface area contributed by atoms with Crippen LogP contribution < -0.4 is 0 Å². The van der Waals surface area contributed by atoms with Crippen LogP contribution in [0.2, 0.25) is 0 Å². The number of aryl methyl sites for hydroxylation is 1. The van der Waals surface area contributed by atoms with Crippen molar-refractivity contribution in [2.45, 2.75) is 25.9 Å². The molecule has 1 aliphatic heterocycles. The Labute approximate surface area is 167 Å². The third kappa shape index (κ3) is 4.02. The van der Waals surface area contributed by atoms with Gasteiger partial charge in [0, 0.05) is 22.5 Å². The number of carbonyl (C=O) groups excluding carboxylic acids is 1. The van der Waals surface area contributed by atoms with E-state index in [-0.39, 0.29) is 29.2 Å². The lowest BCUT2D eigenvalue weighted by molar-refractivity contribution is 0.0640. The lowest BCUT2D eigenvalue weighted by Crippen LogP contribution is -2.40. The number of sulfone groups is 1. The van der Waals surface area contributed by atoms with Crippen molar-refractivity contribution in [2.75, 3.05) is 11.5 Å². The van der Waals surface area contributed by atoms with Crippen molar-refractivity contribution >= 4 is 27.1 Å². The Hall–Kier alpha value is -2.45. The van der Waals surface area contributed by atoms with Crippen molar-refractivity contribution in [3.05, 3.63) is 64.0 Å². The summed E-state index contributed by atoms with van der Waals surface area (Å²) < 4.78 is 29.2. The number of carbonyl (C=O) groups is 1. The van der Waals surface area contributed by atoms with Gasteiger partial charge >= 0.3 is 0 Å². The van der Waals surface area contributed by atoms with E-state index in [2.05, 4.69) is 5.16 Å². The van der Waals surface area contributed by atoms with E-state index in [4.69, 9.17) is 4.52 Å². The molecule has 0 saturated carbocycles. The van der Waals surface area contributed by atoms with Crippen molar-refractivity contribution < 1.29 is 17.7 Å². The zero-order chi connectivity index (χ0) is 19.7. The third-order valence-corrected chi connectivity index (χ3v) is 7.50. The van der Waals surface area contributed by atoms with Crippen LogP contribution >= 0.6 is 11.3 Å². The molecule has 0 aliphatic carbocycles. The zero-order valence-electron chi connectivity index (χ0n) is 15.4. The van der Waals surface area contributed by atoms with Gasteiger partial charge in [0.05, 0.1) is 18.1 Å². The van der Waals surface area contributed by atoms with E-state index in [1.54, 1.807) is 11.0 Å². The summed E-state index contributed by atoms with van der Waals surface area (Å²) in [5.74, 6) is -0.113. The van der Waals surface area contributed by atoms with Crippen molar-refractivity contribution in [3.63, 3.8) is 0 Å². The smallest absolute Gasteiger partial charge is 0.293 e. The molecule has 1 aromatic carbocycles. The number of hydrogen-bond acceptors (Lipinski definition) is 6. The van der Waals surface area contributed by atoms with E-state index >= 15 is 0 Å². The van der Waals surface area contributed by atoms with Gasteiger partial charge in [-0.05, 0) is 24.8 Å². The van der Waals surface area contributed by atoms with Crippen LogP contribution in [-0.4, -0.2) is 41.9 Å². The van der Waals surface area contributed by atoms with Crippen molar-refractivity contribution in [1.82, 2.24) is 10.1 Å². The molecule has 8 heteroatoms. The maximum absolute atomic E-state index is 13.2. The highest BCUT2D eigenvalue weighted by molar-refractivity contribution is 7.91. The van der Waals surface area contributed by atoms with E-state index in [0.29, 0.717) is 18.7 Å². The van der Waals surface area contributed by atoms with Gasteiger partial charge in [-0.15, -0.1) is 11.3 Å². The van der Waals surface area contributed by atoms with Gasteiger partial charge in [-0.1, -0.05) is 41.1 Å². The van der Waals surface area contributed by atoms with Crippen LogP contribution in [0.25, 0.3) is 11.3 Å². The molecule has 4 rings (SSSR count). The lowest BCUT2D eigenvalue weighted by Gasteiger charge is -2.26. The summed E-state index contributed by atoms with van der Waals surface area (Å²) in [6.45, 7) is 2.36. The maximum atomic E-state index is 13.2. The van der Waals surface area contributed by atoms with Gasteiger partial charge in [-0.3, -0.25) is 4.79 Å². The molecular formula is C20H20N2O4S2. The second-order valence-corrected chi connectivity index (χ2v) is 10.3. The number of rotatable bonds is 5. The van der Waals surface area contributed by atoms with Crippen molar-refractivity contribution in [3.8, 4) is 11.3 Å². The average Bonchev–Trinajstić information content (AvgIpc) is 3.40. The third-order valence-electron chi connectivity index (χ3n) is 4.88. The molecule has 0 radical (unpaired) electrons. The van der Waals surface area contributed by atoms with Crippen LogP contribution in [0.3, 0.4) is 0 Å². The molecule has 3 aromatic rings. The SMILES string of the molecule is Cc1ccc(-c2cc(C(=O)N(Cc3cccs3)[C@H]3CCS(=O)(=O)C3)on2)cc1. The first-order chi connectivity index (χ1) is 13.4. The minimum absolute atomic E-state index is 0.0108. The molecule has 0 bridgehead atoms. The first kappa shape index (κ1) is 18.9. The molecule has 2 aromatic heterocycles. The normalized spacial score (nSPS) is 18.2. The molecule has 1 amide bonds. The Morgan fingerprint density at radius 3 is 2.71 bits per heavy atom. The van der Waals surface area contributed by atoms with E-state index in [9.17, 15) is 13.2 Å². The maximum Gasteiger partial charge on any atom is 0.293 e. The number of nitrogens with zero attached hydrogens (tertiary/aromatic N) is 2. The topological polar surface area (TPSA) is 80.5 Å². The standard InChI is InChI=1S/C20H20N2O4S2/c1-14-4-6-15(7-5-14)18-11-19(26-21-18)20(23)22(12-17-3-2-9-27-17)16-8-10-28(24,25)13-16/h2-7,9,11,16H,8,10,12-13H2,1H3/t16-/m0/s1. The summed E-state index contributed by atoms with van der Waals surface area (Å²) in [4.78, 5) is 15.8. The number of hydrogen-bond donors (Lipinski definition) is 0. The summed E-state index contributed by atoms with van der Waals surface area (Å²) in [5, 5.41) is 5.97. The molecule has 3 heterocycles. The highest BCUT2D eigenvalue weighted by Gasteiger charge is 2.36. The monoisotopic (exact) mass is 416 g/mol. The predicted molar refractivity (Wildman–Crippen MR) is 108 cm³/mol. The molecule has 0 unspecified atom stereocenters. The summed E-state index contributed by atoms with van der Waals surface area (Å²) in [6.07, 6.45) is 0.443. The van der Waals surface area contributed by atoms with Gasteiger partial charge in [-0.2, -0.15) is 0 Å². The van der Waals surface area contributed by atoms with Gasteiger partial charge in [0.2, 0.25) is 5.76 Å². The van der Waals surface area contributed by atoms with Gasteiger partial charge in [0.25, 0.3) is 5.91 Å². The van der Waals surface area contributed by atoms with Crippen molar-refractivity contribution in [1.29, 1.82) is 0 Å². The van der Waals surface area contributed by atoms with Crippen LogP contribution in [0.4, 0.5) is 0 Å². The van der Waals surface area contributed by atoms with Gasteiger partial charge in [-0.25, -0.2) is 8.42 Å². The molecule has 1 saturated heterocycles. The summed E-state index contributed by atoms with van der Waals surface area (Å²) in [7, 11) is -3.11. The number of benzene rings is 1. The molecule has 1 aliphatic rings. The Morgan fingerprint density at radius 2 is 2.07 bits per heavy atom. The second-order valence-electron chi connectivity index (χ2n) is 7.01. The Balaban J connectivity index is 1.61. The molecule has 6 nitrogen and oxygen atoms in total. The largest absolute Gasteiger partial charge is 0.350 e. The second kappa shape index (κ2) is 7.52. The van der Waals surface area contributed by atoms with Gasteiger partial charge in [0.1, 0.15) is 5.69 Å². The molecule has 0 spiro atoms. The first-order valence-corrected chi connectivity index (χ1v) is 11.7. The van der Waals surface area contributed by atoms with Crippen LogP contribution in [0, 0.1) is 6.92 Å². The van der Waals surface area contributed by atoms with Crippen LogP contribution in [0.15, 0.2) is 52.4 Å². The van der Waals surface area contributed by atoms with Crippen molar-refractivity contribution in [2.24, 2.45) is 0 Å². The summed E-state index contributed by atoms with van der Waals surface area (Å²) in [5.41, 5.74) is 2.58. The Bertz CT molecular complexity index is 1070. The minimum Gasteiger partial charge on any atom is -0.350 e. The predicted octanol–water partition coefficient (Wildman–Crippen LogP) is 3.54. The van der Waals surface area contributed by atoms with E-state index in [0.717, 1.165) is 16.0 Å². The van der Waals surface area contributed by atoms with Crippen LogP contribution in [-0.2, 0) is 16.4 Å². The molecule has 28 heavy (non-hydrogen) atoms. The zero-order valence-corrected chi connectivity index (χ0v) is 17.0. The number of aromatic nitrogens is 1. The highest BCUT2D eigenvalue weighted by Crippen LogP contribution is 2.26. The quantitative estimate of drug-likeness (QED) is 0.635. The molecule has 1 atom stereocenters. The van der Waals surface area contributed by atoms with Gasteiger partial charge in [0.15, 0.2) is 9.84 Å². The fourth-order valence-corrected chi connectivity index (χ4v) is 5.77. The van der Waals surface area contributed by atoms with E-state index in [1.807, 2.05) is 48.7 Å². The summed E-state index contributed by atoms with van der Waals surface area (Å²) >= 11 is 1.54.